The first-order chi connectivity index (χ1) is 13.9. The van der Waals surface area contributed by atoms with Crippen molar-refractivity contribution in [1.29, 1.82) is 0 Å². The fourth-order valence-electron chi connectivity index (χ4n) is 3.78. The average Bonchev–Trinajstić information content (AvgIpc) is 3.52. The minimum atomic E-state index is -0.585. The molecule has 3 aromatic rings. The normalized spacial score (nSPS) is 14.7. The van der Waals surface area contributed by atoms with Gasteiger partial charge >= 0.3 is 5.69 Å². The minimum Gasteiger partial charge on any atom is -0.345 e. The van der Waals surface area contributed by atoms with Gasteiger partial charge in [0.2, 0.25) is 0 Å². The van der Waals surface area contributed by atoms with Crippen molar-refractivity contribution >= 4 is 16.9 Å². The Labute approximate surface area is 167 Å². The van der Waals surface area contributed by atoms with Gasteiger partial charge in [-0.1, -0.05) is 24.3 Å². The summed E-state index contributed by atoms with van der Waals surface area (Å²) in [4.78, 5) is 45.0. The number of aromatic nitrogens is 3. The summed E-state index contributed by atoms with van der Waals surface area (Å²) in [6.07, 6.45) is 2.00. The number of nitrogens with one attached hydrogen (secondary N) is 2. The van der Waals surface area contributed by atoms with E-state index in [2.05, 4.69) is 15.3 Å². The summed E-state index contributed by atoms with van der Waals surface area (Å²) in [5, 5.41) is 3.16. The van der Waals surface area contributed by atoms with Crippen LogP contribution in [-0.4, -0.2) is 20.4 Å². The molecule has 1 fully saturated rings. The maximum Gasteiger partial charge on any atom is 0.329 e. The van der Waals surface area contributed by atoms with Gasteiger partial charge in [-0.3, -0.25) is 19.1 Å². The van der Waals surface area contributed by atoms with E-state index in [1.165, 1.54) is 4.57 Å². The summed E-state index contributed by atoms with van der Waals surface area (Å²) in [5.41, 5.74) is 2.30. The monoisotopic (exact) mass is 392 g/mol. The molecule has 0 radical (unpaired) electrons. The number of carbonyl (C=O) groups is 1. The van der Waals surface area contributed by atoms with E-state index in [1.54, 1.807) is 6.07 Å². The molecule has 7 nitrogen and oxygen atoms in total. The number of aryl methyl sites for hydroxylation is 2. The minimum absolute atomic E-state index is 0.158. The third-order valence-corrected chi connectivity index (χ3v) is 5.53. The third kappa shape index (κ3) is 3.48. The van der Waals surface area contributed by atoms with Crippen LogP contribution in [0, 0.1) is 6.92 Å². The number of benzene rings is 1. The summed E-state index contributed by atoms with van der Waals surface area (Å²) in [7, 11) is 0. The lowest BCUT2D eigenvalue weighted by molar-refractivity contribution is 0.0941. The first-order valence-corrected chi connectivity index (χ1v) is 9.94. The number of H-pyrrole nitrogens is 1. The molecule has 2 aromatic heterocycles. The zero-order valence-corrected chi connectivity index (χ0v) is 16.8. The molecule has 0 saturated heterocycles. The van der Waals surface area contributed by atoms with Crippen LogP contribution >= 0.6 is 0 Å². The summed E-state index contributed by atoms with van der Waals surface area (Å²) in [6.45, 7) is 6.08. The highest BCUT2D eigenvalue weighted by molar-refractivity contribution is 6.05. The SMILES string of the molecule is CCn1c(=O)[nH]c(=O)c2c(C(=O)NC(C)c3ccccc3C)cc(C3CC3)nc21. The Bertz CT molecular complexity index is 1220. The smallest absolute Gasteiger partial charge is 0.329 e. The lowest BCUT2D eigenvalue weighted by atomic mass is 10.0. The van der Waals surface area contributed by atoms with Crippen LogP contribution in [0.1, 0.15) is 65.8 Å². The second-order valence-electron chi connectivity index (χ2n) is 7.62. The van der Waals surface area contributed by atoms with Crippen LogP contribution < -0.4 is 16.6 Å². The second-order valence-corrected chi connectivity index (χ2v) is 7.62. The molecule has 0 spiro atoms. The van der Waals surface area contributed by atoms with Crippen LogP contribution in [0.3, 0.4) is 0 Å². The topological polar surface area (TPSA) is 96.9 Å². The van der Waals surface area contributed by atoms with E-state index in [0.29, 0.717) is 6.54 Å². The van der Waals surface area contributed by atoms with Crippen molar-refractivity contribution in [2.75, 3.05) is 0 Å². The van der Waals surface area contributed by atoms with Gasteiger partial charge in [0.1, 0.15) is 0 Å². The van der Waals surface area contributed by atoms with Crippen molar-refractivity contribution in [3.8, 4) is 0 Å². The molecule has 1 atom stereocenters. The highest BCUT2D eigenvalue weighted by atomic mass is 16.2. The van der Waals surface area contributed by atoms with Crippen LogP contribution in [0.25, 0.3) is 11.0 Å². The predicted molar refractivity (Wildman–Crippen MR) is 111 cm³/mol. The van der Waals surface area contributed by atoms with E-state index in [-0.39, 0.29) is 34.5 Å². The van der Waals surface area contributed by atoms with E-state index < -0.39 is 11.2 Å². The summed E-state index contributed by atoms with van der Waals surface area (Å²) < 4.78 is 1.41. The van der Waals surface area contributed by atoms with E-state index in [9.17, 15) is 14.4 Å². The number of fused-ring (bicyclic) bond motifs is 1. The molecule has 1 unspecified atom stereocenters. The zero-order valence-electron chi connectivity index (χ0n) is 16.8. The number of hydrogen-bond donors (Lipinski definition) is 2. The molecule has 0 aliphatic heterocycles. The number of rotatable bonds is 5. The first-order valence-electron chi connectivity index (χ1n) is 9.94. The number of hydrogen-bond acceptors (Lipinski definition) is 4. The molecule has 1 aromatic carbocycles. The van der Waals surface area contributed by atoms with Crippen molar-refractivity contribution in [3.05, 3.63) is 73.6 Å². The second kappa shape index (κ2) is 7.31. The Hall–Kier alpha value is -3.22. The average molecular weight is 392 g/mol. The molecule has 29 heavy (non-hydrogen) atoms. The van der Waals surface area contributed by atoms with Gasteiger partial charge in [-0.2, -0.15) is 0 Å². The van der Waals surface area contributed by atoms with Crippen LogP contribution in [0.4, 0.5) is 0 Å². The zero-order chi connectivity index (χ0) is 20.7. The molecule has 0 bridgehead atoms. The third-order valence-electron chi connectivity index (χ3n) is 5.53. The highest BCUT2D eigenvalue weighted by Gasteiger charge is 2.29. The van der Waals surface area contributed by atoms with Gasteiger partial charge in [0, 0.05) is 18.2 Å². The molecular weight excluding hydrogens is 368 g/mol. The van der Waals surface area contributed by atoms with E-state index in [1.807, 2.05) is 45.0 Å². The molecule has 1 aliphatic carbocycles. The maximum atomic E-state index is 13.2. The van der Waals surface area contributed by atoms with Gasteiger partial charge in [0.05, 0.1) is 17.0 Å². The van der Waals surface area contributed by atoms with E-state index in [4.69, 9.17) is 0 Å². The van der Waals surface area contributed by atoms with Crippen molar-refractivity contribution in [2.45, 2.75) is 52.1 Å². The predicted octanol–water partition coefficient (Wildman–Crippen LogP) is 2.78. The lowest BCUT2D eigenvalue weighted by Gasteiger charge is -2.18. The maximum absolute atomic E-state index is 13.2. The fourth-order valence-corrected chi connectivity index (χ4v) is 3.78. The molecule has 2 heterocycles. The van der Waals surface area contributed by atoms with Gasteiger partial charge in [0.25, 0.3) is 11.5 Å². The standard InChI is InChI=1S/C22H24N4O3/c1-4-26-19-18(21(28)25-22(26)29)16(11-17(24-19)14-9-10-14)20(27)23-13(3)15-8-6-5-7-12(15)2/h5-8,11,13-14H,4,9-10H2,1-3H3,(H,23,27)(H,25,28,29). The van der Waals surface area contributed by atoms with Gasteiger partial charge in [-0.05, 0) is 50.8 Å². The van der Waals surface area contributed by atoms with E-state index in [0.717, 1.165) is 29.7 Å². The first kappa shape index (κ1) is 19.1. The molecule has 4 rings (SSSR count). The fraction of sp³-hybridized carbons (Fsp3) is 0.364. The summed E-state index contributed by atoms with van der Waals surface area (Å²) >= 11 is 0. The van der Waals surface area contributed by atoms with Gasteiger partial charge in [0.15, 0.2) is 5.65 Å². The van der Waals surface area contributed by atoms with Crippen molar-refractivity contribution in [3.63, 3.8) is 0 Å². The van der Waals surface area contributed by atoms with Crippen molar-refractivity contribution in [1.82, 2.24) is 19.9 Å². The van der Waals surface area contributed by atoms with Gasteiger partial charge < -0.3 is 5.32 Å². The number of amides is 1. The Morgan fingerprint density at radius 2 is 2.03 bits per heavy atom. The van der Waals surface area contributed by atoms with Crippen molar-refractivity contribution < 1.29 is 4.79 Å². The van der Waals surface area contributed by atoms with Crippen molar-refractivity contribution in [2.24, 2.45) is 0 Å². The van der Waals surface area contributed by atoms with E-state index >= 15 is 0 Å². The summed E-state index contributed by atoms with van der Waals surface area (Å²) in [6, 6.07) is 9.34. The van der Waals surface area contributed by atoms with Crippen LogP contribution in [0.5, 0.6) is 0 Å². The Kier molecular flexibility index (Phi) is 4.82. The summed E-state index contributed by atoms with van der Waals surface area (Å²) in [5.74, 6) is -0.0682. The molecule has 7 heteroatoms. The quantitative estimate of drug-likeness (QED) is 0.698. The molecule has 2 N–H and O–H groups in total. The Balaban J connectivity index is 1.84. The largest absolute Gasteiger partial charge is 0.345 e. The molecular formula is C22H24N4O3. The van der Waals surface area contributed by atoms with Crippen LogP contribution in [0.2, 0.25) is 0 Å². The molecule has 1 saturated carbocycles. The van der Waals surface area contributed by atoms with Crippen LogP contribution in [0.15, 0.2) is 39.9 Å². The number of aromatic amines is 1. The Morgan fingerprint density at radius 3 is 2.69 bits per heavy atom. The molecule has 1 aliphatic rings. The van der Waals surface area contributed by atoms with Gasteiger partial charge in [-0.15, -0.1) is 0 Å². The van der Waals surface area contributed by atoms with Crippen LogP contribution in [-0.2, 0) is 6.54 Å². The number of nitrogens with zero attached hydrogens (tertiary/aromatic N) is 2. The van der Waals surface area contributed by atoms with Gasteiger partial charge in [-0.25, -0.2) is 9.78 Å². The molecule has 150 valence electrons. The molecule has 1 amide bonds. The number of pyridine rings is 1. The lowest BCUT2D eigenvalue weighted by Crippen LogP contribution is -2.34. The highest BCUT2D eigenvalue weighted by Crippen LogP contribution is 2.40. The number of carbonyl (C=O) groups excluding carboxylic acids is 1. The Morgan fingerprint density at radius 1 is 1.31 bits per heavy atom.